The molecule has 1 amide bonds. The van der Waals surface area contributed by atoms with Gasteiger partial charge in [0.2, 0.25) is 0 Å². The zero-order valence-electron chi connectivity index (χ0n) is 10.5. The van der Waals surface area contributed by atoms with Crippen LogP contribution in [-0.2, 0) is 19.4 Å². The van der Waals surface area contributed by atoms with Gasteiger partial charge in [-0.3, -0.25) is 4.79 Å². The maximum absolute atomic E-state index is 13.5. The van der Waals surface area contributed by atoms with E-state index in [1.165, 1.54) is 7.11 Å². The minimum Gasteiger partial charge on any atom is -0.370 e. The zero-order chi connectivity index (χ0) is 14.6. The molecule has 1 unspecified atom stereocenters. The third-order valence-electron chi connectivity index (χ3n) is 2.41. The summed E-state index contributed by atoms with van der Waals surface area (Å²) in [6.07, 6.45) is 0.0604. The molecular weight excluding hydrogens is 275 g/mol. The molecule has 1 atom stereocenters. The second-order valence-corrected chi connectivity index (χ2v) is 5.88. The second kappa shape index (κ2) is 6.09. The van der Waals surface area contributed by atoms with Crippen molar-refractivity contribution in [3.05, 3.63) is 24.0 Å². The number of anilines is 1. The van der Waals surface area contributed by atoms with Crippen LogP contribution in [0.2, 0.25) is 0 Å². The number of nitrogens with one attached hydrogen (secondary N) is 1. The first-order valence-electron chi connectivity index (χ1n) is 5.33. The summed E-state index contributed by atoms with van der Waals surface area (Å²) in [7, 11) is -2.19. The SMILES string of the molecule is COC(CN)C(=O)Nc1cc(S(C)(=O)=O)ccc1F. The molecule has 0 aromatic heterocycles. The van der Waals surface area contributed by atoms with Crippen LogP contribution < -0.4 is 11.1 Å². The molecule has 0 fully saturated rings. The Labute approximate surface area is 110 Å². The number of amides is 1. The Morgan fingerprint density at radius 1 is 1.53 bits per heavy atom. The summed E-state index contributed by atoms with van der Waals surface area (Å²) in [6, 6.07) is 3.14. The van der Waals surface area contributed by atoms with Gasteiger partial charge < -0.3 is 15.8 Å². The number of rotatable bonds is 5. The number of halogens is 1. The Morgan fingerprint density at radius 3 is 2.63 bits per heavy atom. The van der Waals surface area contributed by atoms with Crippen LogP contribution in [0.5, 0.6) is 0 Å². The number of hydrogen-bond donors (Lipinski definition) is 2. The van der Waals surface area contributed by atoms with Crippen LogP contribution in [0.3, 0.4) is 0 Å². The fourth-order valence-electron chi connectivity index (χ4n) is 1.35. The third-order valence-corrected chi connectivity index (χ3v) is 3.53. The average molecular weight is 290 g/mol. The van der Waals surface area contributed by atoms with Crippen molar-refractivity contribution in [1.29, 1.82) is 0 Å². The summed E-state index contributed by atoms with van der Waals surface area (Å²) < 4.78 is 41.0. The zero-order valence-corrected chi connectivity index (χ0v) is 11.3. The summed E-state index contributed by atoms with van der Waals surface area (Å²) in [5.74, 6) is -1.39. The second-order valence-electron chi connectivity index (χ2n) is 3.86. The fraction of sp³-hybridized carbons (Fsp3) is 0.364. The number of methoxy groups -OCH3 is 1. The van der Waals surface area contributed by atoms with Crippen LogP contribution in [0, 0.1) is 5.82 Å². The molecule has 0 saturated heterocycles. The summed E-state index contributed by atoms with van der Waals surface area (Å²) in [4.78, 5) is 11.6. The van der Waals surface area contributed by atoms with Crippen LogP contribution in [-0.4, -0.2) is 40.3 Å². The lowest BCUT2D eigenvalue weighted by Gasteiger charge is -2.14. The van der Waals surface area contributed by atoms with Gasteiger partial charge in [0.15, 0.2) is 9.84 Å². The van der Waals surface area contributed by atoms with Crippen molar-refractivity contribution in [2.75, 3.05) is 25.2 Å². The van der Waals surface area contributed by atoms with E-state index in [-0.39, 0.29) is 17.1 Å². The average Bonchev–Trinajstić information content (AvgIpc) is 2.32. The van der Waals surface area contributed by atoms with Gasteiger partial charge in [0.1, 0.15) is 11.9 Å². The number of carbonyl (C=O) groups is 1. The first-order valence-corrected chi connectivity index (χ1v) is 7.22. The largest absolute Gasteiger partial charge is 0.370 e. The van der Waals surface area contributed by atoms with E-state index in [1.54, 1.807) is 0 Å². The number of ether oxygens (including phenoxy) is 1. The predicted molar refractivity (Wildman–Crippen MR) is 68.0 cm³/mol. The molecule has 6 nitrogen and oxygen atoms in total. The number of benzene rings is 1. The number of nitrogens with two attached hydrogens (primary N) is 1. The van der Waals surface area contributed by atoms with Crippen LogP contribution in [0.4, 0.5) is 10.1 Å². The normalized spacial score (nSPS) is 13.1. The van der Waals surface area contributed by atoms with Gasteiger partial charge in [-0.1, -0.05) is 0 Å². The van der Waals surface area contributed by atoms with Crippen LogP contribution >= 0.6 is 0 Å². The van der Waals surface area contributed by atoms with Crippen molar-refractivity contribution in [3.8, 4) is 0 Å². The van der Waals surface area contributed by atoms with Crippen molar-refractivity contribution in [1.82, 2.24) is 0 Å². The van der Waals surface area contributed by atoms with Crippen molar-refractivity contribution in [3.63, 3.8) is 0 Å². The third kappa shape index (κ3) is 3.98. The number of carbonyl (C=O) groups excluding carboxylic acids is 1. The number of sulfone groups is 1. The molecule has 0 saturated carbocycles. The Hall–Kier alpha value is -1.51. The molecule has 0 heterocycles. The highest BCUT2D eigenvalue weighted by Gasteiger charge is 2.18. The Morgan fingerprint density at radius 2 is 2.16 bits per heavy atom. The molecular formula is C11H15FN2O4S. The lowest BCUT2D eigenvalue weighted by Crippen LogP contribution is -2.36. The minimum absolute atomic E-state index is 0.0737. The van der Waals surface area contributed by atoms with Crippen molar-refractivity contribution < 1.29 is 22.3 Å². The van der Waals surface area contributed by atoms with E-state index >= 15 is 0 Å². The molecule has 0 radical (unpaired) electrons. The Balaban J connectivity index is 3.04. The van der Waals surface area contributed by atoms with Crippen molar-refractivity contribution in [2.45, 2.75) is 11.0 Å². The Bertz CT molecular complexity index is 570. The van der Waals surface area contributed by atoms with E-state index in [0.29, 0.717) is 0 Å². The van der Waals surface area contributed by atoms with Crippen LogP contribution in [0.1, 0.15) is 0 Å². The molecule has 3 N–H and O–H groups in total. The molecule has 0 aliphatic carbocycles. The van der Waals surface area contributed by atoms with E-state index in [9.17, 15) is 17.6 Å². The van der Waals surface area contributed by atoms with Gasteiger partial charge in [-0.25, -0.2) is 12.8 Å². The van der Waals surface area contributed by atoms with Gasteiger partial charge in [-0.15, -0.1) is 0 Å². The lowest BCUT2D eigenvalue weighted by atomic mass is 10.2. The van der Waals surface area contributed by atoms with E-state index in [2.05, 4.69) is 5.32 Å². The summed E-state index contributed by atoms with van der Waals surface area (Å²) in [5.41, 5.74) is 5.07. The highest BCUT2D eigenvalue weighted by atomic mass is 32.2. The van der Waals surface area contributed by atoms with Crippen molar-refractivity contribution >= 4 is 21.4 Å². The summed E-state index contributed by atoms with van der Waals surface area (Å²) in [6.45, 7) is -0.0737. The van der Waals surface area contributed by atoms with E-state index < -0.39 is 27.7 Å². The van der Waals surface area contributed by atoms with Gasteiger partial charge in [-0.05, 0) is 18.2 Å². The van der Waals surface area contributed by atoms with E-state index in [0.717, 1.165) is 24.5 Å². The monoisotopic (exact) mass is 290 g/mol. The molecule has 106 valence electrons. The van der Waals surface area contributed by atoms with E-state index in [4.69, 9.17) is 10.5 Å². The first kappa shape index (κ1) is 15.5. The van der Waals surface area contributed by atoms with Gasteiger partial charge in [0.05, 0.1) is 10.6 Å². The molecule has 0 aliphatic heterocycles. The minimum atomic E-state index is -3.48. The van der Waals surface area contributed by atoms with Gasteiger partial charge in [0.25, 0.3) is 5.91 Å². The van der Waals surface area contributed by atoms with E-state index in [1.807, 2.05) is 0 Å². The van der Waals surface area contributed by atoms with Gasteiger partial charge in [0, 0.05) is 19.9 Å². The molecule has 1 aromatic rings. The maximum atomic E-state index is 13.5. The fourth-order valence-corrected chi connectivity index (χ4v) is 2.00. The van der Waals surface area contributed by atoms with Crippen molar-refractivity contribution in [2.24, 2.45) is 5.73 Å². The van der Waals surface area contributed by atoms with Crippen LogP contribution in [0.25, 0.3) is 0 Å². The molecule has 19 heavy (non-hydrogen) atoms. The van der Waals surface area contributed by atoms with Gasteiger partial charge in [-0.2, -0.15) is 0 Å². The highest BCUT2D eigenvalue weighted by Crippen LogP contribution is 2.19. The van der Waals surface area contributed by atoms with Gasteiger partial charge >= 0.3 is 0 Å². The van der Waals surface area contributed by atoms with Crippen LogP contribution in [0.15, 0.2) is 23.1 Å². The smallest absolute Gasteiger partial charge is 0.254 e. The first-order chi connectivity index (χ1) is 8.79. The molecule has 0 aliphatic rings. The summed E-state index contributed by atoms with van der Waals surface area (Å²) in [5, 5.41) is 2.24. The molecule has 0 spiro atoms. The number of hydrogen-bond acceptors (Lipinski definition) is 5. The standard InChI is InChI=1S/C11H15FN2O4S/c1-18-10(6-13)11(15)14-9-5-7(19(2,16)17)3-4-8(9)12/h3-5,10H,6,13H2,1-2H3,(H,14,15). The topological polar surface area (TPSA) is 98.5 Å². The molecule has 1 aromatic carbocycles. The highest BCUT2D eigenvalue weighted by molar-refractivity contribution is 7.90. The Kier molecular flexibility index (Phi) is 4.98. The predicted octanol–water partition coefficient (Wildman–Crippen LogP) is 0.141. The lowest BCUT2D eigenvalue weighted by molar-refractivity contribution is -0.125. The molecule has 8 heteroatoms. The quantitative estimate of drug-likeness (QED) is 0.752. The molecule has 1 rings (SSSR count). The maximum Gasteiger partial charge on any atom is 0.254 e. The summed E-state index contributed by atoms with van der Waals surface area (Å²) >= 11 is 0. The molecule has 0 bridgehead atoms.